The molecule has 1 amide bonds. The number of carbonyl (C=O) groups excluding carboxylic acids is 1. The van der Waals surface area contributed by atoms with E-state index in [-0.39, 0.29) is 17.9 Å². The molecule has 4 heteroatoms. The van der Waals surface area contributed by atoms with Gasteiger partial charge in [0, 0.05) is 25.4 Å². The number of aliphatic hydroxyl groups excluding tert-OH is 1. The van der Waals surface area contributed by atoms with E-state index in [0.717, 1.165) is 19.4 Å². The van der Waals surface area contributed by atoms with Crippen molar-refractivity contribution in [3.05, 3.63) is 59.5 Å². The lowest BCUT2D eigenvalue weighted by Gasteiger charge is -2.27. The van der Waals surface area contributed by atoms with E-state index in [1.54, 1.807) is 18.4 Å². The molecule has 134 valence electrons. The van der Waals surface area contributed by atoms with Gasteiger partial charge in [0.25, 0.3) is 0 Å². The summed E-state index contributed by atoms with van der Waals surface area (Å²) in [7, 11) is 0. The molecule has 0 radical (unpaired) electrons. The Morgan fingerprint density at radius 3 is 2.84 bits per heavy atom. The van der Waals surface area contributed by atoms with Gasteiger partial charge in [-0.05, 0) is 48.9 Å². The lowest BCUT2D eigenvalue weighted by molar-refractivity contribution is -0.132. The first kappa shape index (κ1) is 17.7. The largest absolute Gasteiger partial charge is 0.467 e. The third kappa shape index (κ3) is 4.13. The van der Waals surface area contributed by atoms with Gasteiger partial charge < -0.3 is 14.4 Å². The van der Waals surface area contributed by atoms with Gasteiger partial charge in [-0.15, -0.1) is 0 Å². The smallest absolute Gasteiger partial charge is 0.223 e. The van der Waals surface area contributed by atoms with Crippen molar-refractivity contribution in [2.24, 2.45) is 0 Å². The molecule has 1 aromatic carbocycles. The van der Waals surface area contributed by atoms with Crippen molar-refractivity contribution in [1.82, 2.24) is 4.90 Å². The van der Waals surface area contributed by atoms with Gasteiger partial charge in [0.05, 0.1) is 6.26 Å². The molecule has 25 heavy (non-hydrogen) atoms. The van der Waals surface area contributed by atoms with Crippen LogP contribution < -0.4 is 0 Å². The summed E-state index contributed by atoms with van der Waals surface area (Å²) < 4.78 is 5.28. The average Bonchev–Trinajstić information content (AvgIpc) is 3.26. The standard InChI is InChI=1S/C21H27NO3/c1-15-7-3-4-9-18(15)16(2)13-21(24)22-11-5-8-17(22)14-19(23)20-10-6-12-25-20/h3-4,6-7,9-10,12,16-17,19,23H,5,8,11,13-14H2,1-2H3. The summed E-state index contributed by atoms with van der Waals surface area (Å²) in [4.78, 5) is 14.8. The number of rotatable bonds is 6. The van der Waals surface area contributed by atoms with Crippen LogP contribution in [0.3, 0.4) is 0 Å². The first-order valence-electron chi connectivity index (χ1n) is 9.12. The SMILES string of the molecule is Cc1ccccc1C(C)CC(=O)N1CCCC1CC(O)c1ccco1. The van der Waals surface area contributed by atoms with Crippen molar-refractivity contribution < 1.29 is 14.3 Å². The van der Waals surface area contributed by atoms with Crippen molar-refractivity contribution >= 4 is 5.91 Å². The summed E-state index contributed by atoms with van der Waals surface area (Å²) in [5.41, 5.74) is 2.47. The number of hydrogen-bond acceptors (Lipinski definition) is 3. The van der Waals surface area contributed by atoms with Crippen LogP contribution in [0.25, 0.3) is 0 Å². The van der Waals surface area contributed by atoms with Crippen LogP contribution in [-0.2, 0) is 4.79 Å². The highest BCUT2D eigenvalue weighted by Crippen LogP contribution is 2.30. The van der Waals surface area contributed by atoms with Crippen LogP contribution in [0, 0.1) is 6.92 Å². The van der Waals surface area contributed by atoms with E-state index in [1.807, 2.05) is 17.0 Å². The van der Waals surface area contributed by atoms with Crippen molar-refractivity contribution in [2.75, 3.05) is 6.54 Å². The van der Waals surface area contributed by atoms with E-state index >= 15 is 0 Å². The Balaban J connectivity index is 1.61. The van der Waals surface area contributed by atoms with Crippen LogP contribution in [0.2, 0.25) is 0 Å². The zero-order valence-electron chi connectivity index (χ0n) is 15.0. The number of nitrogens with zero attached hydrogens (tertiary/aromatic N) is 1. The Morgan fingerprint density at radius 1 is 1.32 bits per heavy atom. The molecule has 0 saturated carbocycles. The normalized spacial score (nSPS) is 19.8. The topological polar surface area (TPSA) is 53.7 Å². The number of aliphatic hydroxyl groups is 1. The van der Waals surface area contributed by atoms with Crippen LogP contribution >= 0.6 is 0 Å². The van der Waals surface area contributed by atoms with Crippen molar-refractivity contribution in [3.8, 4) is 0 Å². The maximum Gasteiger partial charge on any atom is 0.223 e. The summed E-state index contributed by atoms with van der Waals surface area (Å²) in [5.74, 6) is 0.961. The lowest BCUT2D eigenvalue weighted by atomic mass is 9.93. The Kier molecular flexibility index (Phi) is 5.59. The Bertz CT molecular complexity index is 695. The van der Waals surface area contributed by atoms with E-state index in [2.05, 4.69) is 26.0 Å². The molecule has 4 nitrogen and oxygen atoms in total. The minimum atomic E-state index is -0.651. The van der Waals surface area contributed by atoms with Gasteiger partial charge >= 0.3 is 0 Å². The third-order valence-corrected chi connectivity index (χ3v) is 5.26. The summed E-state index contributed by atoms with van der Waals surface area (Å²) in [6, 6.07) is 11.9. The zero-order chi connectivity index (χ0) is 17.8. The molecule has 3 rings (SSSR count). The molecular weight excluding hydrogens is 314 g/mol. The molecular formula is C21H27NO3. The average molecular weight is 341 g/mol. The maximum absolute atomic E-state index is 12.8. The number of furan rings is 1. The molecule has 0 spiro atoms. The van der Waals surface area contributed by atoms with Crippen LogP contribution in [-0.4, -0.2) is 28.5 Å². The number of hydrogen-bond donors (Lipinski definition) is 1. The monoisotopic (exact) mass is 341 g/mol. The van der Waals surface area contributed by atoms with E-state index in [9.17, 15) is 9.90 Å². The van der Waals surface area contributed by atoms with Gasteiger partial charge in [0.15, 0.2) is 0 Å². The second-order valence-corrected chi connectivity index (χ2v) is 7.11. The maximum atomic E-state index is 12.8. The molecule has 2 heterocycles. The van der Waals surface area contributed by atoms with Gasteiger partial charge in [-0.3, -0.25) is 4.79 Å². The second-order valence-electron chi connectivity index (χ2n) is 7.11. The Labute approximate surface area is 149 Å². The van der Waals surface area contributed by atoms with E-state index in [4.69, 9.17) is 4.42 Å². The summed E-state index contributed by atoms with van der Waals surface area (Å²) in [5, 5.41) is 10.3. The number of carbonyl (C=O) groups is 1. The summed E-state index contributed by atoms with van der Waals surface area (Å²) >= 11 is 0. The first-order valence-corrected chi connectivity index (χ1v) is 9.12. The van der Waals surface area contributed by atoms with Crippen molar-refractivity contribution in [3.63, 3.8) is 0 Å². The van der Waals surface area contributed by atoms with E-state index in [1.165, 1.54) is 11.1 Å². The van der Waals surface area contributed by atoms with E-state index < -0.39 is 6.10 Å². The fourth-order valence-electron chi connectivity index (χ4n) is 3.89. The number of amides is 1. The molecule has 1 aromatic heterocycles. The van der Waals surface area contributed by atoms with Gasteiger partial charge in [-0.2, -0.15) is 0 Å². The summed E-state index contributed by atoms with van der Waals surface area (Å²) in [6.45, 7) is 4.99. The van der Waals surface area contributed by atoms with Gasteiger partial charge in [-0.25, -0.2) is 0 Å². The highest BCUT2D eigenvalue weighted by Gasteiger charge is 2.31. The predicted molar refractivity (Wildman–Crippen MR) is 97.2 cm³/mol. The lowest BCUT2D eigenvalue weighted by Crippen LogP contribution is -2.37. The van der Waals surface area contributed by atoms with Crippen LogP contribution in [0.4, 0.5) is 0 Å². The van der Waals surface area contributed by atoms with Gasteiger partial charge in [-0.1, -0.05) is 31.2 Å². The van der Waals surface area contributed by atoms with Crippen LogP contribution in [0.5, 0.6) is 0 Å². The fourth-order valence-corrected chi connectivity index (χ4v) is 3.89. The van der Waals surface area contributed by atoms with Crippen molar-refractivity contribution in [2.45, 2.75) is 57.6 Å². The number of likely N-dealkylation sites (tertiary alicyclic amines) is 1. The zero-order valence-corrected chi connectivity index (χ0v) is 15.0. The quantitative estimate of drug-likeness (QED) is 0.857. The molecule has 1 N–H and O–H groups in total. The molecule has 1 fully saturated rings. The highest BCUT2D eigenvalue weighted by atomic mass is 16.4. The first-order chi connectivity index (χ1) is 12.1. The summed E-state index contributed by atoms with van der Waals surface area (Å²) in [6.07, 6.45) is 3.92. The Morgan fingerprint density at radius 2 is 2.12 bits per heavy atom. The fraction of sp³-hybridized carbons (Fsp3) is 0.476. The minimum Gasteiger partial charge on any atom is -0.467 e. The molecule has 1 aliphatic rings. The van der Waals surface area contributed by atoms with E-state index in [0.29, 0.717) is 18.6 Å². The minimum absolute atomic E-state index is 0.0941. The van der Waals surface area contributed by atoms with Crippen LogP contribution in [0.1, 0.15) is 61.5 Å². The molecule has 3 atom stereocenters. The molecule has 3 unspecified atom stereocenters. The number of aryl methyl sites for hydroxylation is 1. The molecule has 1 aliphatic heterocycles. The molecule has 0 aliphatic carbocycles. The third-order valence-electron chi connectivity index (χ3n) is 5.26. The predicted octanol–water partition coefficient (Wildman–Crippen LogP) is 4.20. The van der Waals surface area contributed by atoms with Gasteiger partial charge in [0.1, 0.15) is 11.9 Å². The molecule has 0 bridgehead atoms. The number of benzene rings is 1. The Hall–Kier alpha value is -2.07. The van der Waals surface area contributed by atoms with Gasteiger partial charge in [0.2, 0.25) is 5.91 Å². The highest BCUT2D eigenvalue weighted by molar-refractivity contribution is 5.77. The van der Waals surface area contributed by atoms with Crippen LogP contribution in [0.15, 0.2) is 47.1 Å². The molecule has 1 saturated heterocycles. The molecule has 2 aromatic rings. The van der Waals surface area contributed by atoms with Crippen molar-refractivity contribution in [1.29, 1.82) is 0 Å². The second kappa shape index (κ2) is 7.87.